The molecule has 0 saturated carbocycles. The van der Waals surface area contributed by atoms with Gasteiger partial charge in [0.2, 0.25) is 10.0 Å². The van der Waals surface area contributed by atoms with Crippen LogP contribution >= 0.6 is 0 Å². The van der Waals surface area contributed by atoms with Crippen molar-refractivity contribution >= 4 is 20.1 Å². The van der Waals surface area contributed by atoms with Crippen LogP contribution in [-0.4, -0.2) is 64.6 Å². The first-order valence-electron chi connectivity index (χ1n) is 5.07. The highest BCUT2D eigenvalue weighted by molar-refractivity contribution is 7.88. The number of aliphatic hydroxyl groups excluding tert-OH is 1. The Labute approximate surface area is 102 Å². The number of β-amino-alcohol motifs (C(OH)–C–C–N with tert-alkyl or cyclic N) is 1. The molecule has 102 valence electrons. The second kappa shape index (κ2) is 5.19. The molecule has 1 aliphatic heterocycles. The number of hydrogen-bond acceptors (Lipinski definition) is 6. The maximum Gasteiger partial charge on any atom is 0.267 e. The van der Waals surface area contributed by atoms with Gasteiger partial charge in [0.25, 0.3) is 10.1 Å². The summed E-state index contributed by atoms with van der Waals surface area (Å²) in [5, 5.41) is 9.74. The van der Waals surface area contributed by atoms with Gasteiger partial charge in [0, 0.05) is 19.0 Å². The van der Waals surface area contributed by atoms with Crippen LogP contribution in [0.3, 0.4) is 0 Å². The number of nitrogens with zero attached hydrogens (tertiary/aromatic N) is 1. The van der Waals surface area contributed by atoms with Crippen molar-refractivity contribution in [3.63, 3.8) is 0 Å². The van der Waals surface area contributed by atoms with Crippen LogP contribution in [-0.2, 0) is 24.3 Å². The minimum absolute atomic E-state index is 0.0667. The Morgan fingerprint density at radius 3 is 2.35 bits per heavy atom. The summed E-state index contributed by atoms with van der Waals surface area (Å²) in [6.07, 6.45) is 0.381. The molecule has 1 aliphatic rings. The summed E-state index contributed by atoms with van der Waals surface area (Å²) in [7, 11) is -5.91. The molecule has 7 nitrogen and oxygen atoms in total. The number of piperidine rings is 1. The van der Waals surface area contributed by atoms with Crippen molar-refractivity contribution in [1.82, 2.24) is 4.31 Å². The molecule has 9 heteroatoms. The average Bonchev–Trinajstić information content (AvgIpc) is 2.19. The quantitative estimate of drug-likeness (QED) is 0.639. The van der Waals surface area contributed by atoms with E-state index in [0.29, 0.717) is 6.42 Å². The minimum Gasteiger partial charge on any atom is -0.391 e. The van der Waals surface area contributed by atoms with Crippen molar-refractivity contribution < 1.29 is 26.1 Å². The molecule has 0 aromatic carbocycles. The van der Waals surface area contributed by atoms with E-state index >= 15 is 0 Å². The molecule has 17 heavy (non-hydrogen) atoms. The van der Waals surface area contributed by atoms with Gasteiger partial charge in [-0.15, -0.1) is 0 Å². The summed E-state index contributed by atoms with van der Waals surface area (Å²) >= 11 is 0. The summed E-state index contributed by atoms with van der Waals surface area (Å²) in [5.74, 6) is -0.777. The lowest BCUT2D eigenvalue weighted by Crippen LogP contribution is -2.47. The molecule has 0 amide bonds. The Balaban J connectivity index is 2.67. The number of sulfonamides is 1. The van der Waals surface area contributed by atoms with Gasteiger partial charge in [-0.2, -0.15) is 12.7 Å². The molecular formula is C8H17NO6S2. The fourth-order valence-electron chi connectivity index (χ4n) is 1.78. The third-order valence-corrected chi connectivity index (χ3v) is 5.44. The first kappa shape index (κ1) is 14.8. The molecule has 2 atom stereocenters. The smallest absolute Gasteiger partial charge is 0.267 e. The normalized spacial score (nSPS) is 28.2. The summed E-state index contributed by atoms with van der Waals surface area (Å²) in [6, 6.07) is 0. The second-order valence-electron chi connectivity index (χ2n) is 4.13. The van der Waals surface area contributed by atoms with Crippen LogP contribution in [0, 0.1) is 5.92 Å². The Kier molecular flexibility index (Phi) is 4.53. The lowest BCUT2D eigenvalue weighted by atomic mass is 9.97. The fraction of sp³-hybridized carbons (Fsp3) is 1.00. The first-order valence-corrected chi connectivity index (χ1v) is 8.50. The largest absolute Gasteiger partial charge is 0.391 e. The van der Waals surface area contributed by atoms with E-state index < -0.39 is 32.2 Å². The Hall–Kier alpha value is -0.220. The van der Waals surface area contributed by atoms with Crippen molar-refractivity contribution in [1.29, 1.82) is 0 Å². The van der Waals surface area contributed by atoms with E-state index in [0.717, 1.165) is 17.7 Å². The Bertz CT molecular complexity index is 456. The van der Waals surface area contributed by atoms with Gasteiger partial charge >= 0.3 is 0 Å². The fourth-order valence-corrected chi connectivity index (χ4v) is 3.69. The third kappa shape index (κ3) is 4.18. The maximum atomic E-state index is 11.3. The summed E-state index contributed by atoms with van der Waals surface area (Å²) < 4.78 is 50.4. The number of rotatable bonds is 4. The zero-order chi connectivity index (χ0) is 13.3. The van der Waals surface area contributed by atoms with Gasteiger partial charge in [0.1, 0.15) is 0 Å². The van der Waals surface area contributed by atoms with Crippen LogP contribution in [0.2, 0.25) is 0 Å². The summed E-state index contributed by atoms with van der Waals surface area (Å²) in [6.45, 7) is 0.155. The van der Waals surface area contributed by atoms with Crippen molar-refractivity contribution in [2.75, 3.05) is 32.2 Å². The van der Waals surface area contributed by atoms with Gasteiger partial charge < -0.3 is 5.11 Å². The van der Waals surface area contributed by atoms with Gasteiger partial charge in [0.05, 0.1) is 25.2 Å². The second-order valence-corrected chi connectivity index (χ2v) is 7.89. The molecule has 1 rings (SSSR count). The minimum atomic E-state index is -3.63. The van der Waals surface area contributed by atoms with Gasteiger partial charge in [0.15, 0.2) is 0 Å². The SMILES string of the molecule is COS(=O)(=O)CC1CCN(S(C)(=O)=O)CC1O. The van der Waals surface area contributed by atoms with Crippen molar-refractivity contribution in [2.24, 2.45) is 5.92 Å². The molecular weight excluding hydrogens is 270 g/mol. The average molecular weight is 287 g/mol. The number of hydrogen-bond donors (Lipinski definition) is 1. The van der Waals surface area contributed by atoms with Crippen molar-refractivity contribution in [3.8, 4) is 0 Å². The van der Waals surface area contributed by atoms with Crippen molar-refractivity contribution in [2.45, 2.75) is 12.5 Å². The zero-order valence-corrected chi connectivity index (χ0v) is 11.4. The number of aliphatic hydroxyl groups is 1. The molecule has 2 unspecified atom stereocenters. The van der Waals surface area contributed by atoms with E-state index in [1.165, 1.54) is 0 Å². The van der Waals surface area contributed by atoms with Crippen LogP contribution in [0.1, 0.15) is 6.42 Å². The first-order chi connectivity index (χ1) is 7.65. The van der Waals surface area contributed by atoms with E-state index in [4.69, 9.17) is 0 Å². The predicted octanol–water partition coefficient (Wildman–Crippen LogP) is -1.39. The van der Waals surface area contributed by atoms with Crippen LogP contribution in [0.25, 0.3) is 0 Å². The highest BCUT2D eigenvalue weighted by atomic mass is 32.2. The molecule has 1 N–H and O–H groups in total. The molecule has 0 aromatic heterocycles. The molecule has 0 aromatic rings. The van der Waals surface area contributed by atoms with E-state index in [1.54, 1.807) is 0 Å². The molecule has 0 aliphatic carbocycles. The third-order valence-electron chi connectivity index (χ3n) is 2.83. The van der Waals surface area contributed by atoms with Crippen LogP contribution in [0.4, 0.5) is 0 Å². The van der Waals surface area contributed by atoms with Crippen LogP contribution < -0.4 is 0 Å². The van der Waals surface area contributed by atoms with E-state index in [-0.39, 0.29) is 18.8 Å². The highest BCUT2D eigenvalue weighted by Crippen LogP contribution is 2.21. The Morgan fingerprint density at radius 1 is 1.35 bits per heavy atom. The molecule has 1 heterocycles. The molecule has 1 fully saturated rings. The lowest BCUT2D eigenvalue weighted by molar-refractivity contribution is 0.0612. The molecule has 0 radical (unpaired) electrons. The van der Waals surface area contributed by atoms with E-state index in [1.807, 2.05) is 0 Å². The van der Waals surface area contributed by atoms with Gasteiger partial charge in [-0.3, -0.25) is 4.18 Å². The van der Waals surface area contributed by atoms with E-state index in [2.05, 4.69) is 4.18 Å². The Morgan fingerprint density at radius 2 is 1.94 bits per heavy atom. The van der Waals surface area contributed by atoms with Gasteiger partial charge in [-0.05, 0) is 6.42 Å². The topological polar surface area (TPSA) is 101 Å². The van der Waals surface area contributed by atoms with Crippen LogP contribution in [0.15, 0.2) is 0 Å². The van der Waals surface area contributed by atoms with Crippen LogP contribution in [0.5, 0.6) is 0 Å². The molecule has 0 bridgehead atoms. The predicted molar refractivity (Wildman–Crippen MR) is 61.3 cm³/mol. The lowest BCUT2D eigenvalue weighted by Gasteiger charge is -2.33. The van der Waals surface area contributed by atoms with Gasteiger partial charge in [-0.1, -0.05) is 0 Å². The summed E-state index contributed by atoms with van der Waals surface area (Å²) in [4.78, 5) is 0. The maximum absolute atomic E-state index is 11.3. The standard InChI is InChI=1S/C8H17NO6S2/c1-15-17(13,14)6-7-3-4-9(5-8(7)10)16(2,11)12/h7-8,10H,3-6H2,1-2H3. The zero-order valence-electron chi connectivity index (χ0n) is 9.74. The van der Waals surface area contributed by atoms with Gasteiger partial charge in [-0.25, -0.2) is 8.42 Å². The van der Waals surface area contributed by atoms with Crippen molar-refractivity contribution in [3.05, 3.63) is 0 Å². The highest BCUT2D eigenvalue weighted by Gasteiger charge is 2.34. The van der Waals surface area contributed by atoms with E-state index in [9.17, 15) is 21.9 Å². The summed E-state index contributed by atoms with van der Waals surface area (Å²) in [5.41, 5.74) is 0. The molecule has 1 saturated heterocycles. The monoisotopic (exact) mass is 287 g/mol. The molecule has 0 spiro atoms.